The number of aliphatic hydroxyl groups is 1. The summed E-state index contributed by atoms with van der Waals surface area (Å²) in [4.78, 5) is 23.5. The van der Waals surface area contributed by atoms with Gasteiger partial charge in [0.25, 0.3) is 0 Å². The Kier molecular flexibility index (Phi) is 5.74. The molecule has 7 heteroatoms. The van der Waals surface area contributed by atoms with Crippen LogP contribution in [0.2, 0.25) is 5.02 Å². The van der Waals surface area contributed by atoms with Crippen molar-refractivity contribution < 1.29 is 19.1 Å². The summed E-state index contributed by atoms with van der Waals surface area (Å²) in [6.07, 6.45) is 3.11. The average Bonchev–Trinajstić information content (AvgIpc) is 2.50. The fourth-order valence-electron chi connectivity index (χ4n) is 2.49. The van der Waals surface area contributed by atoms with Crippen LogP contribution >= 0.6 is 11.6 Å². The number of benzene rings is 1. The van der Waals surface area contributed by atoms with Crippen LogP contribution in [0, 0.1) is 11.7 Å². The standard InChI is InChI=1S/C15H18ClFN2O3/c16-11-7-10(5-6-12(11)17)19-15(22)14(21)18-8-9-3-1-2-4-13(9)20/h5-7,9,13,20H,1-4,8H2,(H,18,21)(H,19,22)/t9-,13-/m0/s1. The van der Waals surface area contributed by atoms with Crippen LogP contribution in [0.3, 0.4) is 0 Å². The quantitative estimate of drug-likeness (QED) is 0.743. The molecule has 0 unspecified atom stereocenters. The van der Waals surface area contributed by atoms with Gasteiger partial charge in [-0.2, -0.15) is 0 Å². The number of carbonyl (C=O) groups excluding carboxylic acids is 2. The van der Waals surface area contributed by atoms with Crippen LogP contribution in [0.1, 0.15) is 25.7 Å². The molecule has 5 nitrogen and oxygen atoms in total. The van der Waals surface area contributed by atoms with Crippen molar-refractivity contribution in [3.8, 4) is 0 Å². The third-order valence-electron chi connectivity index (χ3n) is 3.78. The first-order valence-electron chi connectivity index (χ1n) is 7.19. The van der Waals surface area contributed by atoms with E-state index >= 15 is 0 Å². The smallest absolute Gasteiger partial charge is 0.313 e. The highest BCUT2D eigenvalue weighted by Gasteiger charge is 2.24. The number of aliphatic hydroxyl groups excluding tert-OH is 1. The minimum absolute atomic E-state index is 0.0224. The van der Waals surface area contributed by atoms with Crippen LogP contribution in [0.15, 0.2) is 18.2 Å². The third-order valence-corrected chi connectivity index (χ3v) is 4.07. The molecule has 0 spiro atoms. The van der Waals surface area contributed by atoms with E-state index in [1.54, 1.807) is 0 Å². The second-order valence-corrected chi connectivity index (χ2v) is 5.81. The lowest BCUT2D eigenvalue weighted by molar-refractivity contribution is -0.136. The number of amides is 2. The summed E-state index contributed by atoms with van der Waals surface area (Å²) in [5.41, 5.74) is 0.240. The van der Waals surface area contributed by atoms with Gasteiger partial charge in [0.1, 0.15) is 5.82 Å². The number of hydrogen-bond donors (Lipinski definition) is 3. The molecule has 3 N–H and O–H groups in total. The van der Waals surface area contributed by atoms with Gasteiger partial charge in [0.2, 0.25) is 0 Å². The summed E-state index contributed by atoms with van der Waals surface area (Å²) in [5, 5.41) is 14.5. The molecule has 0 aliphatic heterocycles. The Balaban J connectivity index is 1.84. The van der Waals surface area contributed by atoms with E-state index in [1.165, 1.54) is 12.1 Å². The lowest BCUT2D eigenvalue weighted by Crippen LogP contribution is -2.41. The van der Waals surface area contributed by atoms with Crippen molar-refractivity contribution in [2.75, 3.05) is 11.9 Å². The first-order valence-corrected chi connectivity index (χ1v) is 7.57. The van der Waals surface area contributed by atoms with Gasteiger partial charge in [0.05, 0.1) is 11.1 Å². The molecule has 2 rings (SSSR count). The molecule has 2 atom stereocenters. The monoisotopic (exact) mass is 328 g/mol. The minimum atomic E-state index is -0.854. The fraction of sp³-hybridized carbons (Fsp3) is 0.467. The maximum Gasteiger partial charge on any atom is 0.313 e. The maximum atomic E-state index is 13.0. The number of carbonyl (C=O) groups is 2. The van der Waals surface area contributed by atoms with Gasteiger partial charge in [-0.15, -0.1) is 0 Å². The normalized spacial score (nSPS) is 21.2. The highest BCUT2D eigenvalue weighted by atomic mass is 35.5. The van der Waals surface area contributed by atoms with Crippen molar-refractivity contribution in [1.29, 1.82) is 0 Å². The zero-order chi connectivity index (χ0) is 16.1. The molecule has 2 amide bonds. The van der Waals surface area contributed by atoms with Crippen LogP contribution in [0.4, 0.5) is 10.1 Å². The summed E-state index contributed by atoms with van der Waals surface area (Å²) in [7, 11) is 0. The number of nitrogens with one attached hydrogen (secondary N) is 2. The Morgan fingerprint density at radius 1 is 1.27 bits per heavy atom. The van der Waals surface area contributed by atoms with Crippen molar-refractivity contribution in [3.63, 3.8) is 0 Å². The predicted molar refractivity (Wildman–Crippen MR) is 81.0 cm³/mol. The molecular weight excluding hydrogens is 311 g/mol. The first kappa shape index (κ1) is 16.7. The van der Waals surface area contributed by atoms with Crippen LogP contribution < -0.4 is 10.6 Å². The van der Waals surface area contributed by atoms with E-state index in [2.05, 4.69) is 10.6 Å². The van der Waals surface area contributed by atoms with Crippen LogP contribution in [-0.2, 0) is 9.59 Å². The van der Waals surface area contributed by atoms with Crippen molar-refractivity contribution in [2.45, 2.75) is 31.8 Å². The summed E-state index contributed by atoms with van der Waals surface area (Å²) < 4.78 is 13.0. The molecule has 120 valence electrons. The Hall–Kier alpha value is -1.66. The molecule has 1 aliphatic carbocycles. The zero-order valence-corrected chi connectivity index (χ0v) is 12.7. The van der Waals surface area contributed by atoms with Gasteiger partial charge in [-0.25, -0.2) is 4.39 Å². The van der Waals surface area contributed by atoms with Gasteiger partial charge in [0.15, 0.2) is 0 Å². The van der Waals surface area contributed by atoms with Crippen molar-refractivity contribution in [2.24, 2.45) is 5.92 Å². The number of halogens is 2. The van der Waals surface area contributed by atoms with E-state index in [1.807, 2.05) is 0 Å². The highest BCUT2D eigenvalue weighted by Crippen LogP contribution is 2.23. The largest absolute Gasteiger partial charge is 0.393 e. The second-order valence-electron chi connectivity index (χ2n) is 5.40. The molecule has 0 bridgehead atoms. The molecular formula is C15H18ClFN2O3. The molecule has 1 fully saturated rings. The molecule has 22 heavy (non-hydrogen) atoms. The Morgan fingerprint density at radius 2 is 2.00 bits per heavy atom. The molecule has 1 aromatic carbocycles. The van der Waals surface area contributed by atoms with E-state index in [0.29, 0.717) is 0 Å². The summed E-state index contributed by atoms with van der Waals surface area (Å²) in [6.45, 7) is 0.262. The van der Waals surface area contributed by atoms with Crippen LogP contribution in [-0.4, -0.2) is 29.6 Å². The number of rotatable bonds is 3. The number of anilines is 1. The van der Waals surface area contributed by atoms with Gasteiger partial charge in [-0.1, -0.05) is 24.4 Å². The van der Waals surface area contributed by atoms with Crippen molar-refractivity contribution in [3.05, 3.63) is 29.0 Å². The zero-order valence-electron chi connectivity index (χ0n) is 11.9. The minimum Gasteiger partial charge on any atom is -0.393 e. The van der Waals surface area contributed by atoms with Gasteiger partial charge >= 0.3 is 11.8 Å². The van der Waals surface area contributed by atoms with Crippen molar-refractivity contribution >= 4 is 29.1 Å². The molecule has 0 heterocycles. The van der Waals surface area contributed by atoms with Crippen LogP contribution in [0.25, 0.3) is 0 Å². The highest BCUT2D eigenvalue weighted by molar-refractivity contribution is 6.39. The average molecular weight is 329 g/mol. The maximum absolute atomic E-state index is 13.0. The van der Waals surface area contributed by atoms with E-state index in [9.17, 15) is 19.1 Å². The van der Waals surface area contributed by atoms with E-state index < -0.39 is 23.7 Å². The van der Waals surface area contributed by atoms with E-state index in [-0.39, 0.29) is 23.2 Å². The Morgan fingerprint density at radius 3 is 2.68 bits per heavy atom. The number of hydrogen-bond acceptors (Lipinski definition) is 3. The van der Waals surface area contributed by atoms with Crippen LogP contribution in [0.5, 0.6) is 0 Å². The summed E-state index contributed by atoms with van der Waals surface area (Å²) >= 11 is 5.60. The Labute approximate surface area is 132 Å². The van der Waals surface area contributed by atoms with Gasteiger partial charge < -0.3 is 15.7 Å². The molecule has 0 radical (unpaired) electrons. The van der Waals surface area contributed by atoms with E-state index in [4.69, 9.17) is 11.6 Å². The summed E-state index contributed by atoms with van der Waals surface area (Å²) in [5.74, 6) is -2.27. The molecule has 1 saturated carbocycles. The Bertz CT molecular complexity index is 568. The topological polar surface area (TPSA) is 78.4 Å². The first-order chi connectivity index (χ1) is 10.5. The predicted octanol–water partition coefficient (Wildman–Crippen LogP) is 2.08. The molecule has 1 aromatic rings. The van der Waals surface area contributed by atoms with E-state index in [0.717, 1.165) is 31.7 Å². The lowest BCUT2D eigenvalue weighted by atomic mass is 9.86. The van der Waals surface area contributed by atoms with Gasteiger partial charge in [0, 0.05) is 18.2 Å². The fourth-order valence-corrected chi connectivity index (χ4v) is 2.67. The molecule has 0 aromatic heterocycles. The van der Waals surface area contributed by atoms with Gasteiger partial charge in [-0.3, -0.25) is 9.59 Å². The summed E-state index contributed by atoms with van der Waals surface area (Å²) in [6, 6.07) is 3.65. The lowest BCUT2D eigenvalue weighted by Gasteiger charge is -2.27. The third kappa shape index (κ3) is 4.42. The van der Waals surface area contributed by atoms with Gasteiger partial charge in [-0.05, 0) is 31.0 Å². The second kappa shape index (κ2) is 7.56. The SMILES string of the molecule is O=C(NC[C@@H]1CCCC[C@@H]1O)C(=O)Nc1ccc(F)c(Cl)c1. The van der Waals surface area contributed by atoms with Crippen molar-refractivity contribution in [1.82, 2.24) is 5.32 Å². The molecule has 0 saturated heterocycles. The molecule has 1 aliphatic rings.